The summed E-state index contributed by atoms with van der Waals surface area (Å²) >= 11 is 0. The standard InChI is InChI=1S/C16H26N2O2/c1-5-13(12-8-6-7-9-15(12)19)18-14(10-11(2)3)16(20)17-4/h6-9,11,13-14,18-19H,5,10H2,1-4H3,(H,17,20). The summed E-state index contributed by atoms with van der Waals surface area (Å²) in [4.78, 5) is 12.0. The molecule has 0 aliphatic heterocycles. The van der Waals surface area contributed by atoms with Gasteiger partial charge in [0.15, 0.2) is 0 Å². The molecular formula is C16H26N2O2. The van der Waals surface area contributed by atoms with E-state index in [1.165, 1.54) is 0 Å². The quantitative estimate of drug-likeness (QED) is 0.718. The molecule has 0 saturated heterocycles. The van der Waals surface area contributed by atoms with Crippen molar-refractivity contribution in [3.63, 3.8) is 0 Å². The fraction of sp³-hybridized carbons (Fsp3) is 0.562. The largest absolute Gasteiger partial charge is 0.508 e. The number of hydrogen-bond acceptors (Lipinski definition) is 3. The Balaban J connectivity index is 2.88. The van der Waals surface area contributed by atoms with E-state index in [4.69, 9.17) is 0 Å². The Hall–Kier alpha value is -1.55. The van der Waals surface area contributed by atoms with Crippen LogP contribution in [0.1, 0.15) is 45.2 Å². The number of phenolic OH excluding ortho intramolecular Hbond substituents is 1. The van der Waals surface area contributed by atoms with Crippen LogP contribution in [-0.2, 0) is 4.79 Å². The van der Waals surface area contributed by atoms with Crippen molar-refractivity contribution in [2.45, 2.75) is 45.7 Å². The number of nitrogens with one attached hydrogen (secondary N) is 2. The minimum absolute atomic E-state index is 0.00688. The molecule has 0 fully saturated rings. The fourth-order valence-electron chi connectivity index (χ4n) is 2.35. The maximum Gasteiger partial charge on any atom is 0.236 e. The molecule has 112 valence electrons. The van der Waals surface area contributed by atoms with Gasteiger partial charge in [-0.1, -0.05) is 39.0 Å². The average Bonchev–Trinajstić information content (AvgIpc) is 2.43. The first-order valence-electron chi connectivity index (χ1n) is 7.25. The van der Waals surface area contributed by atoms with E-state index >= 15 is 0 Å². The van der Waals surface area contributed by atoms with E-state index in [2.05, 4.69) is 24.5 Å². The van der Waals surface area contributed by atoms with Crippen LogP contribution in [0.3, 0.4) is 0 Å². The van der Waals surface area contributed by atoms with Crippen molar-refractivity contribution in [1.29, 1.82) is 0 Å². The summed E-state index contributed by atoms with van der Waals surface area (Å²) in [6.07, 6.45) is 1.58. The van der Waals surface area contributed by atoms with E-state index < -0.39 is 0 Å². The summed E-state index contributed by atoms with van der Waals surface area (Å²) in [5, 5.41) is 16.0. The molecule has 3 N–H and O–H groups in total. The number of carbonyl (C=O) groups excluding carboxylic acids is 1. The third-order valence-corrected chi connectivity index (χ3v) is 3.39. The highest BCUT2D eigenvalue weighted by Crippen LogP contribution is 2.26. The molecule has 0 heterocycles. The molecule has 1 aromatic carbocycles. The predicted molar refractivity (Wildman–Crippen MR) is 81.6 cm³/mol. The highest BCUT2D eigenvalue weighted by molar-refractivity contribution is 5.81. The molecule has 0 aromatic heterocycles. The Morgan fingerprint density at radius 3 is 2.45 bits per heavy atom. The second-order valence-electron chi connectivity index (χ2n) is 5.48. The number of hydrogen-bond donors (Lipinski definition) is 3. The summed E-state index contributed by atoms with van der Waals surface area (Å²) in [7, 11) is 1.65. The summed E-state index contributed by atoms with van der Waals surface area (Å²) in [5.74, 6) is 0.686. The maximum atomic E-state index is 12.0. The number of carbonyl (C=O) groups is 1. The Morgan fingerprint density at radius 2 is 1.95 bits per heavy atom. The van der Waals surface area contributed by atoms with E-state index in [1.54, 1.807) is 19.2 Å². The van der Waals surface area contributed by atoms with Gasteiger partial charge in [0.2, 0.25) is 5.91 Å². The van der Waals surface area contributed by atoms with Crippen molar-refractivity contribution in [3.05, 3.63) is 29.8 Å². The third kappa shape index (κ3) is 4.53. The number of benzene rings is 1. The molecule has 1 rings (SSSR count). The van der Waals surface area contributed by atoms with E-state index in [0.717, 1.165) is 18.4 Å². The summed E-state index contributed by atoms with van der Waals surface area (Å²) in [5.41, 5.74) is 0.840. The lowest BCUT2D eigenvalue weighted by Gasteiger charge is -2.26. The van der Waals surface area contributed by atoms with Crippen LogP contribution in [0.5, 0.6) is 5.75 Å². The van der Waals surface area contributed by atoms with Gasteiger partial charge in [-0.05, 0) is 24.8 Å². The molecule has 0 saturated carbocycles. The molecule has 2 atom stereocenters. The molecular weight excluding hydrogens is 252 g/mol. The second-order valence-corrected chi connectivity index (χ2v) is 5.48. The number of amides is 1. The van der Waals surface area contributed by atoms with Crippen molar-refractivity contribution in [2.24, 2.45) is 5.92 Å². The van der Waals surface area contributed by atoms with E-state index in [-0.39, 0.29) is 23.7 Å². The molecule has 0 aliphatic rings. The molecule has 1 aromatic rings. The van der Waals surface area contributed by atoms with Crippen LogP contribution in [0.2, 0.25) is 0 Å². The van der Waals surface area contributed by atoms with Gasteiger partial charge >= 0.3 is 0 Å². The Labute approximate surface area is 121 Å². The van der Waals surface area contributed by atoms with Crippen LogP contribution in [0.15, 0.2) is 24.3 Å². The van der Waals surface area contributed by atoms with Crippen LogP contribution in [-0.4, -0.2) is 24.1 Å². The van der Waals surface area contributed by atoms with Crippen LogP contribution in [0.25, 0.3) is 0 Å². The predicted octanol–water partition coefficient (Wildman–Crippen LogP) is 2.59. The zero-order chi connectivity index (χ0) is 15.1. The fourth-order valence-corrected chi connectivity index (χ4v) is 2.35. The van der Waals surface area contributed by atoms with Gasteiger partial charge in [0, 0.05) is 18.7 Å². The van der Waals surface area contributed by atoms with Gasteiger partial charge in [-0.2, -0.15) is 0 Å². The summed E-state index contributed by atoms with van der Waals surface area (Å²) in [6.45, 7) is 6.23. The van der Waals surface area contributed by atoms with E-state index in [1.807, 2.05) is 19.1 Å². The lowest BCUT2D eigenvalue weighted by molar-refractivity contribution is -0.123. The number of para-hydroxylation sites is 1. The Morgan fingerprint density at radius 1 is 1.30 bits per heavy atom. The highest BCUT2D eigenvalue weighted by Gasteiger charge is 2.23. The maximum absolute atomic E-state index is 12.0. The normalized spacial score (nSPS) is 14.1. The van der Waals surface area contributed by atoms with E-state index in [0.29, 0.717) is 5.92 Å². The monoisotopic (exact) mass is 278 g/mol. The Bertz CT molecular complexity index is 432. The van der Waals surface area contributed by atoms with Gasteiger partial charge in [-0.25, -0.2) is 0 Å². The number of likely N-dealkylation sites (N-methyl/N-ethyl adjacent to an activating group) is 1. The molecule has 4 heteroatoms. The first-order chi connectivity index (χ1) is 9.49. The SMILES string of the molecule is CCC(NC(CC(C)C)C(=O)NC)c1ccccc1O. The van der Waals surface area contributed by atoms with Crippen LogP contribution in [0.4, 0.5) is 0 Å². The smallest absolute Gasteiger partial charge is 0.236 e. The molecule has 2 unspecified atom stereocenters. The number of phenols is 1. The topological polar surface area (TPSA) is 61.4 Å². The van der Waals surface area contributed by atoms with Gasteiger partial charge in [-0.3, -0.25) is 10.1 Å². The average molecular weight is 278 g/mol. The minimum atomic E-state index is -0.246. The van der Waals surface area contributed by atoms with Gasteiger partial charge in [0.25, 0.3) is 0 Å². The van der Waals surface area contributed by atoms with E-state index in [9.17, 15) is 9.90 Å². The molecule has 20 heavy (non-hydrogen) atoms. The molecule has 0 radical (unpaired) electrons. The third-order valence-electron chi connectivity index (χ3n) is 3.39. The zero-order valence-corrected chi connectivity index (χ0v) is 12.8. The molecule has 4 nitrogen and oxygen atoms in total. The van der Waals surface area contributed by atoms with Gasteiger partial charge in [-0.15, -0.1) is 0 Å². The van der Waals surface area contributed by atoms with Crippen molar-refractivity contribution in [3.8, 4) is 5.75 Å². The van der Waals surface area contributed by atoms with Crippen LogP contribution >= 0.6 is 0 Å². The van der Waals surface area contributed by atoms with Gasteiger partial charge < -0.3 is 10.4 Å². The first-order valence-corrected chi connectivity index (χ1v) is 7.25. The zero-order valence-electron chi connectivity index (χ0n) is 12.8. The second kappa shape index (κ2) is 7.90. The van der Waals surface area contributed by atoms with Crippen molar-refractivity contribution >= 4 is 5.91 Å². The molecule has 0 bridgehead atoms. The molecule has 1 amide bonds. The molecule has 0 aliphatic carbocycles. The Kier molecular flexibility index (Phi) is 6.52. The summed E-state index contributed by atoms with van der Waals surface area (Å²) in [6, 6.07) is 7.00. The lowest BCUT2D eigenvalue weighted by Crippen LogP contribution is -2.45. The summed E-state index contributed by atoms with van der Waals surface area (Å²) < 4.78 is 0. The number of rotatable bonds is 7. The van der Waals surface area contributed by atoms with Crippen molar-refractivity contribution < 1.29 is 9.90 Å². The van der Waals surface area contributed by atoms with Crippen LogP contribution < -0.4 is 10.6 Å². The number of aromatic hydroxyl groups is 1. The van der Waals surface area contributed by atoms with Crippen molar-refractivity contribution in [2.75, 3.05) is 7.05 Å². The van der Waals surface area contributed by atoms with Crippen molar-refractivity contribution in [1.82, 2.24) is 10.6 Å². The highest BCUT2D eigenvalue weighted by atomic mass is 16.3. The first kappa shape index (κ1) is 16.5. The van der Waals surface area contributed by atoms with Gasteiger partial charge in [0.1, 0.15) is 5.75 Å². The minimum Gasteiger partial charge on any atom is -0.508 e. The molecule has 0 spiro atoms. The van der Waals surface area contributed by atoms with Gasteiger partial charge in [0.05, 0.1) is 6.04 Å². The van der Waals surface area contributed by atoms with Crippen LogP contribution in [0, 0.1) is 5.92 Å². The lowest BCUT2D eigenvalue weighted by atomic mass is 9.98.